The molecule has 2 aliphatic heterocycles. The lowest BCUT2D eigenvalue weighted by molar-refractivity contribution is -0.0688. The van der Waals surface area contributed by atoms with Crippen LogP contribution in [-0.2, 0) is 11.2 Å². The lowest BCUT2D eigenvalue weighted by atomic mass is 10.0. The highest BCUT2D eigenvalue weighted by Gasteiger charge is 2.30. The fraction of sp³-hybridized carbons (Fsp3) is 0.556. The number of hydrogen-bond acceptors (Lipinski definition) is 6. The van der Waals surface area contributed by atoms with Crippen molar-refractivity contribution < 1.29 is 9.13 Å². The summed E-state index contributed by atoms with van der Waals surface area (Å²) in [5.74, 6) is -0.195. The molecule has 7 heteroatoms. The van der Waals surface area contributed by atoms with Gasteiger partial charge in [-0.25, -0.2) is 4.39 Å². The van der Waals surface area contributed by atoms with Crippen LogP contribution in [0.15, 0.2) is 24.3 Å². The minimum absolute atomic E-state index is 0.188. The molecule has 0 spiro atoms. The Morgan fingerprint density at radius 2 is 2.20 bits per heavy atom. The number of rotatable bonds is 5. The van der Waals surface area contributed by atoms with Crippen LogP contribution in [0.5, 0.6) is 0 Å². The van der Waals surface area contributed by atoms with Crippen LogP contribution in [-0.4, -0.2) is 53.5 Å². The molecule has 5 nitrogen and oxygen atoms in total. The van der Waals surface area contributed by atoms with E-state index in [0.29, 0.717) is 18.0 Å². The summed E-state index contributed by atoms with van der Waals surface area (Å²) in [4.78, 5) is 2.56. The van der Waals surface area contributed by atoms with Crippen LogP contribution in [0.25, 0.3) is 0 Å². The number of ether oxygens (including phenoxy) is 1. The first-order valence-electron chi connectivity index (χ1n) is 8.93. The van der Waals surface area contributed by atoms with Crippen LogP contribution < -0.4 is 5.32 Å². The molecule has 2 atom stereocenters. The summed E-state index contributed by atoms with van der Waals surface area (Å²) < 4.78 is 19.7. The number of morpholine rings is 1. The van der Waals surface area contributed by atoms with Gasteiger partial charge in [-0.2, -0.15) is 0 Å². The lowest BCUT2D eigenvalue weighted by Crippen LogP contribution is -2.53. The molecule has 1 N–H and O–H groups in total. The van der Waals surface area contributed by atoms with Crippen LogP contribution >= 0.6 is 11.3 Å². The molecule has 2 unspecified atom stereocenters. The molecule has 1 aromatic heterocycles. The number of halogens is 1. The predicted molar refractivity (Wildman–Crippen MR) is 96.6 cm³/mol. The first-order chi connectivity index (χ1) is 12.3. The third-order valence-electron chi connectivity index (χ3n) is 4.96. The smallest absolute Gasteiger partial charge is 0.205 e. The number of fused-ring (bicyclic) bond motifs is 1. The van der Waals surface area contributed by atoms with Crippen molar-refractivity contribution in [3.63, 3.8) is 0 Å². The molecule has 0 bridgehead atoms. The summed E-state index contributed by atoms with van der Waals surface area (Å²) in [6.07, 6.45) is 4.54. The van der Waals surface area contributed by atoms with Crippen LogP contribution in [0.3, 0.4) is 0 Å². The third-order valence-corrected chi connectivity index (χ3v) is 5.84. The van der Waals surface area contributed by atoms with Gasteiger partial charge in [0.1, 0.15) is 10.8 Å². The molecule has 4 rings (SSSR count). The molecule has 1 aromatic carbocycles. The molecule has 0 radical (unpaired) electrons. The zero-order valence-electron chi connectivity index (χ0n) is 14.2. The molecule has 2 aromatic rings. The number of anilines is 1. The second-order valence-electron chi connectivity index (χ2n) is 6.75. The number of benzene rings is 1. The first-order valence-corrected chi connectivity index (χ1v) is 9.75. The van der Waals surface area contributed by atoms with E-state index in [1.807, 2.05) is 6.07 Å². The van der Waals surface area contributed by atoms with Crippen molar-refractivity contribution in [2.75, 3.05) is 31.6 Å². The van der Waals surface area contributed by atoms with E-state index in [2.05, 4.69) is 20.4 Å². The molecule has 0 aliphatic carbocycles. The Labute approximate surface area is 151 Å². The molecule has 2 fully saturated rings. The number of piperidine rings is 1. The summed E-state index contributed by atoms with van der Waals surface area (Å²) >= 11 is 1.48. The number of hydrogen-bond donors (Lipinski definition) is 1. The van der Waals surface area contributed by atoms with Gasteiger partial charge in [-0.3, -0.25) is 4.90 Å². The van der Waals surface area contributed by atoms with Gasteiger partial charge in [-0.05, 0) is 31.0 Å². The molecule has 0 saturated carbocycles. The predicted octanol–water partition coefficient (Wildman–Crippen LogP) is 2.93. The van der Waals surface area contributed by atoms with Crippen molar-refractivity contribution in [1.29, 1.82) is 0 Å². The number of nitrogens with zero attached hydrogens (tertiary/aromatic N) is 3. The minimum Gasteiger partial charge on any atom is -0.373 e. The van der Waals surface area contributed by atoms with E-state index in [1.165, 1.54) is 43.2 Å². The van der Waals surface area contributed by atoms with E-state index in [4.69, 9.17) is 4.74 Å². The highest BCUT2D eigenvalue weighted by atomic mass is 32.1. The van der Waals surface area contributed by atoms with E-state index >= 15 is 0 Å². The SMILES string of the molecule is Fc1ccccc1Cc1nnc(NCC2CN3CCCCC3CO2)s1. The maximum Gasteiger partial charge on any atom is 0.205 e. The van der Waals surface area contributed by atoms with Gasteiger partial charge in [-0.1, -0.05) is 36.0 Å². The molecular weight excluding hydrogens is 339 g/mol. The van der Waals surface area contributed by atoms with Crippen molar-refractivity contribution in [2.24, 2.45) is 0 Å². The first kappa shape index (κ1) is 16.9. The highest BCUT2D eigenvalue weighted by Crippen LogP contribution is 2.23. The van der Waals surface area contributed by atoms with E-state index in [0.717, 1.165) is 29.8 Å². The van der Waals surface area contributed by atoms with Crippen LogP contribution in [0, 0.1) is 5.82 Å². The Balaban J connectivity index is 1.29. The average molecular weight is 362 g/mol. The highest BCUT2D eigenvalue weighted by molar-refractivity contribution is 7.15. The number of aromatic nitrogens is 2. The average Bonchev–Trinajstić information content (AvgIpc) is 3.09. The molecule has 134 valence electrons. The zero-order valence-corrected chi connectivity index (χ0v) is 15.0. The summed E-state index contributed by atoms with van der Waals surface area (Å²) in [5, 5.41) is 13.3. The zero-order chi connectivity index (χ0) is 17.1. The Morgan fingerprint density at radius 3 is 3.12 bits per heavy atom. The third kappa shape index (κ3) is 4.16. The van der Waals surface area contributed by atoms with E-state index in [1.54, 1.807) is 12.1 Å². The summed E-state index contributed by atoms with van der Waals surface area (Å²) in [5.41, 5.74) is 0.650. The van der Waals surface area contributed by atoms with Crippen LogP contribution in [0.4, 0.5) is 9.52 Å². The molecule has 25 heavy (non-hydrogen) atoms. The van der Waals surface area contributed by atoms with Crippen molar-refractivity contribution in [2.45, 2.75) is 37.8 Å². The molecule has 2 saturated heterocycles. The fourth-order valence-electron chi connectivity index (χ4n) is 3.58. The van der Waals surface area contributed by atoms with Gasteiger partial charge in [-0.15, -0.1) is 10.2 Å². The van der Waals surface area contributed by atoms with Gasteiger partial charge < -0.3 is 10.1 Å². The Bertz CT molecular complexity index is 710. The lowest BCUT2D eigenvalue weighted by Gasteiger charge is -2.42. The van der Waals surface area contributed by atoms with Crippen molar-refractivity contribution >= 4 is 16.5 Å². The monoisotopic (exact) mass is 362 g/mol. The topological polar surface area (TPSA) is 50.3 Å². The van der Waals surface area contributed by atoms with Crippen LogP contribution in [0.2, 0.25) is 0 Å². The van der Waals surface area contributed by atoms with Gasteiger partial charge in [0.15, 0.2) is 0 Å². The standard InChI is InChI=1S/C18H23FN4OS/c19-16-7-2-1-5-13(16)9-17-21-22-18(25-17)20-10-15-11-23-8-4-3-6-14(23)12-24-15/h1-2,5,7,14-15H,3-4,6,8-12H2,(H,20,22). The van der Waals surface area contributed by atoms with E-state index in [9.17, 15) is 4.39 Å². The summed E-state index contributed by atoms with van der Waals surface area (Å²) in [6, 6.07) is 7.41. The Kier molecular flexibility index (Phi) is 5.24. The van der Waals surface area contributed by atoms with Crippen molar-refractivity contribution in [3.05, 3.63) is 40.7 Å². The van der Waals surface area contributed by atoms with Gasteiger partial charge in [0.2, 0.25) is 5.13 Å². The molecule has 0 amide bonds. The van der Waals surface area contributed by atoms with E-state index < -0.39 is 0 Å². The van der Waals surface area contributed by atoms with Gasteiger partial charge in [0.05, 0.1) is 12.7 Å². The summed E-state index contributed by atoms with van der Waals surface area (Å²) in [6.45, 7) is 3.74. The van der Waals surface area contributed by atoms with Gasteiger partial charge in [0.25, 0.3) is 0 Å². The second kappa shape index (κ2) is 7.76. The quantitative estimate of drug-likeness (QED) is 0.886. The second-order valence-corrected chi connectivity index (χ2v) is 7.81. The van der Waals surface area contributed by atoms with E-state index in [-0.39, 0.29) is 11.9 Å². The normalized spacial score (nSPS) is 24.0. The Hall–Kier alpha value is -1.57. The fourth-order valence-corrected chi connectivity index (χ4v) is 4.35. The maximum atomic E-state index is 13.7. The molecule has 3 heterocycles. The molecular formula is C18H23FN4OS. The minimum atomic E-state index is -0.195. The Morgan fingerprint density at radius 1 is 1.28 bits per heavy atom. The molecule has 2 aliphatic rings. The van der Waals surface area contributed by atoms with Crippen molar-refractivity contribution in [3.8, 4) is 0 Å². The summed E-state index contributed by atoms with van der Waals surface area (Å²) in [7, 11) is 0. The number of nitrogens with one attached hydrogen (secondary N) is 1. The van der Waals surface area contributed by atoms with Crippen molar-refractivity contribution in [1.82, 2.24) is 15.1 Å². The van der Waals surface area contributed by atoms with Crippen LogP contribution in [0.1, 0.15) is 29.8 Å². The maximum absolute atomic E-state index is 13.7. The largest absolute Gasteiger partial charge is 0.373 e. The van der Waals surface area contributed by atoms with Gasteiger partial charge >= 0.3 is 0 Å². The van der Waals surface area contributed by atoms with Gasteiger partial charge in [0, 0.05) is 25.6 Å².